The second-order valence-electron chi connectivity index (χ2n) is 8.54. The van der Waals surface area contributed by atoms with Crippen LogP contribution in [-0.2, 0) is 9.59 Å². The highest BCUT2D eigenvalue weighted by molar-refractivity contribution is 6.51. The minimum absolute atomic E-state index is 0.0200. The lowest BCUT2D eigenvalue weighted by molar-refractivity contribution is -0.132. The fourth-order valence-electron chi connectivity index (χ4n) is 4.48. The van der Waals surface area contributed by atoms with Gasteiger partial charge in [0.1, 0.15) is 11.5 Å². The fraction of sp³-hybridized carbons (Fsp3) is 0.267. The smallest absolute Gasteiger partial charge is 0.300 e. The molecule has 1 N–H and O–H groups in total. The van der Waals surface area contributed by atoms with E-state index in [4.69, 9.17) is 14.2 Å². The molecular formula is C30H31NO6. The van der Waals surface area contributed by atoms with Gasteiger partial charge in [-0.05, 0) is 69.7 Å². The van der Waals surface area contributed by atoms with E-state index in [0.29, 0.717) is 53.9 Å². The molecule has 1 saturated heterocycles. The Morgan fingerprint density at radius 2 is 1.51 bits per heavy atom. The normalized spacial score (nSPS) is 16.6. The van der Waals surface area contributed by atoms with E-state index in [0.717, 1.165) is 5.56 Å². The van der Waals surface area contributed by atoms with E-state index < -0.39 is 17.7 Å². The lowest BCUT2D eigenvalue weighted by Gasteiger charge is -2.26. The van der Waals surface area contributed by atoms with Crippen LogP contribution in [0.25, 0.3) is 5.76 Å². The molecule has 0 bridgehead atoms. The van der Waals surface area contributed by atoms with Crippen molar-refractivity contribution in [3.05, 3.63) is 89.0 Å². The Kier molecular flexibility index (Phi) is 7.82. The largest absolute Gasteiger partial charge is 0.507 e. The number of ketones is 1. The zero-order valence-electron chi connectivity index (χ0n) is 21.5. The number of carbonyl (C=O) groups is 2. The number of aliphatic hydroxyl groups excluding tert-OH is 1. The third kappa shape index (κ3) is 5.16. The number of carbonyl (C=O) groups excluding carboxylic acids is 2. The lowest BCUT2D eigenvalue weighted by atomic mass is 9.94. The SMILES string of the molecule is CCOc1ccc(/C(O)=C2\C(=O)C(=O)N(c3ccc(OCC)c(OCC)c3)C2c2cccc(C)c2)cc1. The van der Waals surface area contributed by atoms with Crippen molar-refractivity contribution in [3.8, 4) is 17.2 Å². The van der Waals surface area contributed by atoms with Crippen LogP contribution in [0.5, 0.6) is 17.2 Å². The molecule has 1 atom stereocenters. The van der Waals surface area contributed by atoms with Gasteiger partial charge in [-0.1, -0.05) is 29.8 Å². The second-order valence-corrected chi connectivity index (χ2v) is 8.54. The molecule has 0 spiro atoms. The molecular weight excluding hydrogens is 470 g/mol. The quantitative estimate of drug-likeness (QED) is 0.226. The number of hydrogen-bond acceptors (Lipinski definition) is 6. The summed E-state index contributed by atoms with van der Waals surface area (Å²) in [7, 11) is 0. The van der Waals surface area contributed by atoms with Crippen LogP contribution < -0.4 is 19.1 Å². The molecule has 0 radical (unpaired) electrons. The molecule has 0 aliphatic carbocycles. The molecule has 0 aromatic heterocycles. The van der Waals surface area contributed by atoms with Crippen LogP contribution in [0.15, 0.2) is 72.3 Å². The molecule has 7 heteroatoms. The monoisotopic (exact) mass is 501 g/mol. The Bertz CT molecular complexity index is 1330. The molecule has 3 aromatic carbocycles. The molecule has 1 aliphatic heterocycles. The second kappa shape index (κ2) is 11.2. The average molecular weight is 502 g/mol. The molecule has 1 fully saturated rings. The third-order valence-corrected chi connectivity index (χ3v) is 6.05. The van der Waals surface area contributed by atoms with Gasteiger partial charge in [0, 0.05) is 17.3 Å². The summed E-state index contributed by atoms with van der Waals surface area (Å²) >= 11 is 0. The number of hydrogen-bond donors (Lipinski definition) is 1. The van der Waals surface area contributed by atoms with Gasteiger partial charge in [0.05, 0.1) is 31.4 Å². The summed E-state index contributed by atoms with van der Waals surface area (Å²) in [5.74, 6) is -0.0706. The Morgan fingerprint density at radius 3 is 2.16 bits per heavy atom. The summed E-state index contributed by atoms with van der Waals surface area (Å²) < 4.78 is 16.9. The molecule has 1 amide bonds. The minimum atomic E-state index is -0.834. The maximum atomic E-state index is 13.5. The molecule has 4 rings (SSSR count). The van der Waals surface area contributed by atoms with Gasteiger partial charge in [0.25, 0.3) is 11.7 Å². The third-order valence-electron chi connectivity index (χ3n) is 6.05. The van der Waals surface area contributed by atoms with Gasteiger partial charge in [-0.3, -0.25) is 14.5 Å². The zero-order valence-corrected chi connectivity index (χ0v) is 21.5. The summed E-state index contributed by atoms with van der Waals surface area (Å²) in [6, 6.07) is 18.6. The van der Waals surface area contributed by atoms with E-state index >= 15 is 0 Å². The highest BCUT2D eigenvalue weighted by Crippen LogP contribution is 2.44. The molecule has 1 heterocycles. The van der Waals surface area contributed by atoms with Crippen LogP contribution >= 0.6 is 0 Å². The van der Waals surface area contributed by atoms with Crippen molar-refractivity contribution in [1.82, 2.24) is 0 Å². The van der Waals surface area contributed by atoms with E-state index in [2.05, 4.69) is 0 Å². The zero-order chi connectivity index (χ0) is 26.5. The van der Waals surface area contributed by atoms with Crippen LogP contribution in [0.4, 0.5) is 5.69 Å². The van der Waals surface area contributed by atoms with E-state index in [1.54, 1.807) is 42.5 Å². The molecule has 37 heavy (non-hydrogen) atoms. The van der Waals surface area contributed by atoms with Crippen LogP contribution in [0.1, 0.15) is 43.5 Å². The van der Waals surface area contributed by atoms with Crippen molar-refractivity contribution in [2.24, 2.45) is 0 Å². The van der Waals surface area contributed by atoms with Crippen molar-refractivity contribution in [1.29, 1.82) is 0 Å². The van der Waals surface area contributed by atoms with Gasteiger partial charge in [-0.15, -0.1) is 0 Å². The maximum absolute atomic E-state index is 13.5. The minimum Gasteiger partial charge on any atom is -0.507 e. The van der Waals surface area contributed by atoms with Crippen molar-refractivity contribution in [3.63, 3.8) is 0 Å². The Hall–Kier alpha value is -4.26. The van der Waals surface area contributed by atoms with Crippen molar-refractivity contribution in [2.75, 3.05) is 24.7 Å². The Labute approximate surface area is 216 Å². The summed E-state index contributed by atoms with van der Waals surface area (Å²) in [6.07, 6.45) is 0. The number of nitrogens with zero attached hydrogens (tertiary/aromatic N) is 1. The standard InChI is InChI=1S/C30H31NO6/c1-5-35-23-14-11-20(12-15-23)28(32)26-27(21-10-8-9-19(4)17-21)31(30(34)29(26)33)22-13-16-24(36-6-2)25(18-22)37-7-3/h8-18,27,32H,5-7H2,1-4H3/b28-26+. The first kappa shape index (κ1) is 25.8. The maximum Gasteiger partial charge on any atom is 0.300 e. The Balaban J connectivity index is 1.89. The highest BCUT2D eigenvalue weighted by atomic mass is 16.5. The van der Waals surface area contributed by atoms with Crippen molar-refractivity contribution >= 4 is 23.1 Å². The predicted molar refractivity (Wildman–Crippen MR) is 142 cm³/mol. The average Bonchev–Trinajstić information content (AvgIpc) is 3.16. The first-order valence-corrected chi connectivity index (χ1v) is 12.4. The number of anilines is 1. The van der Waals surface area contributed by atoms with E-state index in [1.165, 1.54) is 4.90 Å². The molecule has 0 saturated carbocycles. The summed E-state index contributed by atoms with van der Waals surface area (Å²) in [4.78, 5) is 28.3. The molecule has 7 nitrogen and oxygen atoms in total. The van der Waals surface area contributed by atoms with Gasteiger partial charge in [-0.25, -0.2) is 0 Å². The highest BCUT2D eigenvalue weighted by Gasteiger charge is 2.47. The number of aryl methyl sites for hydroxylation is 1. The van der Waals surface area contributed by atoms with Gasteiger partial charge < -0.3 is 19.3 Å². The van der Waals surface area contributed by atoms with Gasteiger partial charge in [0.2, 0.25) is 0 Å². The van der Waals surface area contributed by atoms with Crippen molar-refractivity contribution < 1.29 is 28.9 Å². The van der Waals surface area contributed by atoms with E-state index in [9.17, 15) is 14.7 Å². The number of ether oxygens (including phenoxy) is 3. The van der Waals surface area contributed by atoms with E-state index in [-0.39, 0.29) is 11.3 Å². The van der Waals surface area contributed by atoms with Gasteiger partial charge in [0.15, 0.2) is 11.5 Å². The van der Waals surface area contributed by atoms with E-state index in [1.807, 2.05) is 52.0 Å². The first-order chi connectivity index (χ1) is 17.9. The number of aliphatic hydroxyl groups is 1. The van der Waals surface area contributed by atoms with Crippen molar-refractivity contribution in [2.45, 2.75) is 33.7 Å². The topological polar surface area (TPSA) is 85.3 Å². The molecule has 3 aromatic rings. The summed E-state index contributed by atoms with van der Waals surface area (Å²) in [6.45, 7) is 8.92. The summed E-state index contributed by atoms with van der Waals surface area (Å²) in [5, 5.41) is 11.3. The predicted octanol–water partition coefficient (Wildman–Crippen LogP) is 5.82. The number of rotatable bonds is 9. The number of amides is 1. The molecule has 1 aliphatic rings. The van der Waals surface area contributed by atoms with Crippen LogP contribution in [-0.4, -0.2) is 36.6 Å². The number of Topliss-reactive ketones (excluding diaryl/α,β-unsaturated/α-hetero) is 1. The number of benzene rings is 3. The molecule has 192 valence electrons. The first-order valence-electron chi connectivity index (χ1n) is 12.4. The van der Waals surface area contributed by atoms with Crippen LogP contribution in [0, 0.1) is 6.92 Å². The molecule has 1 unspecified atom stereocenters. The fourth-order valence-corrected chi connectivity index (χ4v) is 4.48. The van der Waals surface area contributed by atoms with Crippen LogP contribution in [0.2, 0.25) is 0 Å². The summed E-state index contributed by atoms with van der Waals surface area (Å²) in [5.41, 5.74) is 2.57. The lowest BCUT2D eigenvalue weighted by Crippen LogP contribution is -2.29. The van der Waals surface area contributed by atoms with Crippen LogP contribution in [0.3, 0.4) is 0 Å². The van der Waals surface area contributed by atoms with Gasteiger partial charge >= 0.3 is 0 Å². The Morgan fingerprint density at radius 1 is 0.838 bits per heavy atom. The van der Waals surface area contributed by atoms with Gasteiger partial charge in [-0.2, -0.15) is 0 Å².